The lowest BCUT2D eigenvalue weighted by Crippen LogP contribution is -2.39. The second kappa shape index (κ2) is 5.75. The summed E-state index contributed by atoms with van der Waals surface area (Å²) in [5.41, 5.74) is 2.97. The monoisotopic (exact) mass is 235 g/mol. The largest absolute Gasteiger partial charge is 0.299 e. The number of carbonyl (C=O) groups is 1. The fraction of sp³-hybridized carbons (Fsp3) is 0.500. The van der Waals surface area contributed by atoms with Crippen molar-refractivity contribution >= 4 is 5.91 Å². The van der Waals surface area contributed by atoms with Crippen LogP contribution >= 0.6 is 0 Å². The highest BCUT2D eigenvalue weighted by Crippen LogP contribution is 2.18. The standard InChI is InChI=1S/C12H17N3O2/c16-12(14-17)11-3-7-15(8-4-11)9-10-1-5-13-6-2-10/h1-2,5-6,11,17H,3-4,7-9H2,(H,14,16). The first-order chi connectivity index (χ1) is 8.29. The van der Waals surface area contributed by atoms with Gasteiger partial charge in [0.1, 0.15) is 0 Å². The van der Waals surface area contributed by atoms with Crippen LogP contribution in [-0.4, -0.2) is 34.1 Å². The fourth-order valence-corrected chi connectivity index (χ4v) is 2.19. The molecular formula is C12H17N3O2. The summed E-state index contributed by atoms with van der Waals surface area (Å²) in [4.78, 5) is 17.5. The summed E-state index contributed by atoms with van der Waals surface area (Å²) in [5.74, 6) is -0.303. The highest BCUT2D eigenvalue weighted by molar-refractivity contribution is 5.77. The third-order valence-electron chi connectivity index (χ3n) is 3.22. The number of piperidine rings is 1. The molecule has 0 saturated carbocycles. The van der Waals surface area contributed by atoms with Gasteiger partial charge in [0, 0.05) is 24.9 Å². The maximum absolute atomic E-state index is 11.2. The van der Waals surface area contributed by atoms with E-state index in [0.29, 0.717) is 0 Å². The summed E-state index contributed by atoms with van der Waals surface area (Å²) in [5, 5.41) is 8.57. The van der Waals surface area contributed by atoms with Crippen molar-refractivity contribution in [1.29, 1.82) is 0 Å². The summed E-state index contributed by atoms with van der Waals surface area (Å²) in [6.45, 7) is 2.68. The molecule has 0 unspecified atom stereocenters. The Labute approximate surface area is 100 Å². The zero-order valence-corrected chi connectivity index (χ0v) is 9.67. The van der Waals surface area contributed by atoms with E-state index in [0.717, 1.165) is 32.5 Å². The van der Waals surface area contributed by atoms with Crippen LogP contribution in [0.4, 0.5) is 0 Å². The van der Waals surface area contributed by atoms with E-state index < -0.39 is 0 Å². The average Bonchev–Trinajstić information content (AvgIpc) is 2.40. The lowest BCUT2D eigenvalue weighted by atomic mass is 9.96. The molecule has 5 heteroatoms. The third kappa shape index (κ3) is 3.25. The Morgan fingerprint density at radius 1 is 1.41 bits per heavy atom. The molecule has 1 saturated heterocycles. The van der Waals surface area contributed by atoms with Gasteiger partial charge in [-0.25, -0.2) is 5.48 Å². The average molecular weight is 235 g/mol. The Bertz CT molecular complexity index is 361. The second-order valence-corrected chi connectivity index (χ2v) is 4.38. The molecule has 0 bridgehead atoms. The first kappa shape index (κ1) is 12.0. The number of pyridine rings is 1. The number of carbonyl (C=O) groups excluding carboxylic acids is 1. The van der Waals surface area contributed by atoms with Crippen LogP contribution in [0.1, 0.15) is 18.4 Å². The highest BCUT2D eigenvalue weighted by Gasteiger charge is 2.24. The van der Waals surface area contributed by atoms with E-state index in [1.165, 1.54) is 5.56 Å². The second-order valence-electron chi connectivity index (χ2n) is 4.38. The Hall–Kier alpha value is -1.46. The summed E-state index contributed by atoms with van der Waals surface area (Å²) >= 11 is 0. The predicted molar refractivity (Wildman–Crippen MR) is 62.2 cm³/mol. The molecule has 0 aromatic carbocycles. The Balaban J connectivity index is 1.82. The van der Waals surface area contributed by atoms with Crippen molar-refractivity contribution < 1.29 is 10.0 Å². The van der Waals surface area contributed by atoms with Gasteiger partial charge in [-0.2, -0.15) is 0 Å². The van der Waals surface area contributed by atoms with Crippen LogP contribution in [0.15, 0.2) is 24.5 Å². The van der Waals surface area contributed by atoms with E-state index in [4.69, 9.17) is 5.21 Å². The molecule has 1 fully saturated rings. The van der Waals surface area contributed by atoms with Crippen LogP contribution in [0.2, 0.25) is 0 Å². The lowest BCUT2D eigenvalue weighted by Gasteiger charge is -2.30. The number of nitrogens with zero attached hydrogens (tertiary/aromatic N) is 2. The number of hydrogen-bond donors (Lipinski definition) is 2. The molecule has 0 spiro atoms. The van der Waals surface area contributed by atoms with Crippen LogP contribution in [-0.2, 0) is 11.3 Å². The molecule has 5 nitrogen and oxygen atoms in total. The lowest BCUT2D eigenvalue weighted by molar-refractivity contribution is -0.134. The van der Waals surface area contributed by atoms with Crippen LogP contribution in [0.3, 0.4) is 0 Å². The van der Waals surface area contributed by atoms with E-state index in [9.17, 15) is 4.79 Å². The summed E-state index contributed by atoms with van der Waals surface area (Å²) in [6, 6.07) is 4.01. The molecule has 0 radical (unpaired) electrons. The summed E-state index contributed by atoms with van der Waals surface area (Å²) < 4.78 is 0. The first-order valence-electron chi connectivity index (χ1n) is 5.85. The van der Waals surface area contributed by atoms with E-state index >= 15 is 0 Å². The summed E-state index contributed by atoms with van der Waals surface area (Å²) in [6.07, 6.45) is 5.19. The van der Waals surface area contributed by atoms with Crippen LogP contribution in [0, 0.1) is 5.92 Å². The molecule has 17 heavy (non-hydrogen) atoms. The SMILES string of the molecule is O=C(NO)C1CCN(Cc2ccncc2)CC1. The van der Waals surface area contributed by atoms with Gasteiger partial charge < -0.3 is 0 Å². The van der Waals surface area contributed by atoms with Gasteiger partial charge in [0.25, 0.3) is 0 Å². The van der Waals surface area contributed by atoms with Crippen molar-refractivity contribution in [3.05, 3.63) is 30.1 Å². The first-order valence-corrected chi connectivity index (χ1v) is 5.85. The molecule has 2 heterocycles. The molecule has 2 rings (SSSR count). The van der Waals surface area contributed by atoms with Gasteiger partial charge in [-0.3, -0.25) is 19.9 Å². The van der Waals surface area contributed by atoms with Crippen molar-refractivity contribution in [3.8, 4) is 0 Å². The van der Waals surface area contributed by atoms with Crippen molar-refractivity contribution in [2.45, 2.75) is 19.4 Å². The van der Waals surface area contributed by atoms with E-state index in [-0.39, 0.29) is 11.8 Å². The molecule has 1 aliphatic rings. The minimum absolute atomic E-state index is 0.0475. The number of aromatic nitrogens is 1. The van der Waals surface area contributed by atoms with Crippen LogP contribution in [0.25, 0.3) is 0 Å². The smallest absolute Gasteiger partial charge is 0.246 e. The van der Waals surface area contributed by atoms with Crippen molar-refractivity contribution in [2.24, 2.45) is 5.92 Å². The molecule has 1 amide bonds. The Morgan fingerprint density at radius 2 is 2.06 bits per heavy atom. The zero-order valence-electron chi connectivity index (χ0n) is 9.67. The van der Waals surface area contributed by atoms with Gasteiger partial charge in [0.15, 0.2) is 0 Å². The van der Waals surface area contributed by atoms with E-state index in [1.54, 1.807) is 17.9 Å². The number of hydroxylamine groups is 1. The molecule has 0 aliphatic carbocycles. The number of hydrogen-bond acceptors (Lipinski definition) is 4. The minimum atomic E-state index is -0.256. The highest BCUT2D eigenvalue weighted by atomic mass is 16.5. The van der Waals surface area contributed by atoms with Gasteiger partial charge in [-0.1, -0.05) is 0 Å². The van der Waals surface area contributed by atoms with Gasteiger partial charge in [0.2, 0.25) is 5.91 Å². The van der Waals surface area contributed by atoms with Gasteiger partial charge >= 0.3 is 0 Å². The molecule has 0 atom stereocenters. The van der Waals surface area contributed by atoms with Gasteiger partial charge in [-0.05, 0) is 43.6 Å². The molecule has 1 aliphatic heterocycles. The Kier molecular flexibility index (Phi) is 4.06. The van der Waals surface area contributed by atoms with E-state index in [1.807, 2.05) is 12.1 Å². The van der Waals surface area contributed by atoms with Crippen LogP contribution in [0.5, 0.6) is 0 Å². The van der Waals surface area contributed by atoms with Gasteiger partial charge in [0.05, 0.1) is 0 Å². The summed E-state index contributed by atoms with van der Waals surface area (Å²) in [7, 11) is 0. The number of rotatable bonds is 3. The van der Waals surface area contributed by atoms with E-state index in [2.05, 4.69) is 9.88 Å². The van der Waals surface area contributed by atoms with Crippen molar-refractivity contribution in [3.63, 3.8) is 0 Å². The maximum Gasteiger partial charge on any atom is 0.246 e. The van der Waals surface area contributed by atoms with Gasteiger partial charge in [-0.15, -0.1) is 0 Å². The molecule has 2 N–H and O–H groups in total. The minimum Gasteiger partial charge on any atom is -0.299 e. The third-order valence-corrected chi connectivity index (χ3v) is 3.22. The maximum atomic E-state index is 11.2. The predicted octanol–water partition coefficient (Wildman–Crippen LogP) is 0.799. The topological polar surface area (TPSA) is 65.5 Å². The molecule has 1 aromatic heterocycles. The Morgan fingerprint density at radius 3 is 2.65 bits per heavy atom. The van der Waals surface area contributed by atoms with Crippen molar-refractivity contribution in [2.75, 3.05) is 13.1 Å². The number of amides is 1. The quantitative estimate of drug-likeness (QED) is 0.601. The zero-order chi connectivity index (χ0) is 12.1. The fourth-order valence-electron chi connectivity index (χ4n) is 2.19. The molecular weight excluding hydrogens is 218 g/mol. The molecule has 92 valence electrons. The normalized spacial score (nSPS) is 17.9. The van der Waals surface area contributed by atoms with Crippen LogP contribution < -0.4 is 5.48 Å². The number of likely N-dealkylation sites (tertiary alicyclic amines) is 1. The van der Waals surface area contributed by atoms with Crippen molar-refractivity contribution in [1.82, 2.24) is 15.4 Å². The molecule has 1 aromatic rings. The number of nitrogens with one attached hydrogen (secondary N) is 1.